The highest BCUT2D eigenvalue weighted by Gasteiger charge is 2.14. The lowest BCUT2D eigenvalue weighted by atomic mass is 10.1. The molecule has 0 aliphatic rings. The van der Waals surface area contributed by atoms with Crippen LogP contribution in [0.4, 0.5) is 5.69 Å². The number of hydrogen-bond donors (Lipinski definition) is 3. The maximum absolute atomic E-state index is 12.4. The molecule has 3 N–H and O–H groups in total. The van der Waals surface area contributed by atoms with E-state index < -0.39 is 16.0 Å². The van der Waals surface area contributed by atoms with Crippen molar-refractivity contribution in [3.05, 3.63) is 83.8 Å². The van der Waals surface area contributed by atoms with Gasteiger partial charge in [0.25, 0.3) is 0 Å². The normalized spacial score (nSPS) is 12.0. The lowest BCUT2D eigenvalue weighted by molar-refractivity contribution is 0.0697. The first kappa shape index (κ1) is 20.3. The minimum Gasteiger partial charge on any atom is -0.478 e. The Hall–Kier alpha value is -3.43. The molecule has 3 aromatic rings. The van der Waals surface area contributed by atoms with Gasteiger partial charge in [0, 0.05) is 0 Å². The van der Waals surface area contributed by atoms with Gasteiger partial charge in [0.1, 0.15) is 5.76 Å². The maximum Gasteiger partial charge on any atom is 0.335 e. The Balaban J connectivity index is 1.65. The second kappa shape index (κ2) is 8.72. The third-order valence-electron chi connectivity index (χ3n) is 4.08. The van der Waals surface area contributed by atoms with Crippen LogP contribution >= 0.6 is 0 Å². The molecule has 0 bridgehead atoms. The monoisotopic (exact) mass is 413 g/mol. The molecule has 0 amide bonds. The van der Waals surface area contributed by atoms with Gasteiger partial charge in [-0.1, -0.05) is 12.1 Å². The van der Waals surface area contributed by atoms with Gasteiger partial charge in [-0.05, 0) is 61.0 Å². The summed E-state index contributed by atoms with van der Waals surface area (Å²) in [7, 11) is -3.66. The highest BCUT2D eigenvalue weighted by molar-refractivity contribution is 7.89. The zero-order valence-electron chi connectivity index (χ0n) is 15.5. The number of nitrogens with zero attached hydrogens (tertiary/aromatic N) is 1. The summed E-state index contributed by atoms with van der Waals surface area (Å²) in [5.74, 6) is -0.472. The van der Waals surface area contributed by atoms with Gasteiger partial charge >= 0.3 is 5.97 Å². The fraction of sp³-hybridized carbons (Fsp3) is 0.100. The van der Waals surface area contributed by atoms with E-state index in [1.807, 2.05) is 0 Å². The summed E-state index contributed by atoms with van der Waals surface area (Å²) in [6.45, 7) is 1.85. The Bertz CT molecular complexity index is 1100. The number of carboxylic acids is 1. The van der Waals surface area contributed by atoms with Gasteiger partial charge in [0.05, 0.1) is 34.7 Å². The van der Waals surface area contributed by atoms with Gasteiger partial charge in [-0.25, -0.2) is 17.9 Å². The van der Waals surface area contributed by atoms with Crippen LogP contribution in [0.25, 0.3) is 0 Å². The number of carboxylic acid groups (broad SMARTS) is 1. The third-order valence-corrected chi connectivity index (χ3v) is 5.50. The van der Waals surface area contributed by atoms with E-state index in [-0.39, 0.29) is 17.0 Å². The molecule has 0 fully saturated rings. The summed E-state index contributed by atoms with van der Waals surface area (Å²) in [5.41, 5.74) is 5.05. The summed E-state index contributed by atoms with van der Waals surface area (Å²) in [5, 5.41) is 13.1. The molecule has 0 radical (unpaired) electrons. The molecule has 150 valence electrons. The van der Waals surface area contributed by atoms with E-state index >= 15 is 0 Å². The smallest absolute Gasteiger partial charge is 0.335 e. The van der Waals surface area contributed by atoms with E-state index in [0.717, 1.165) is 5.56 Å². The second-order valence-electron chi connectivity index (χ2n) is 6.12. The van der Waals surface area contributed by atoms with Crippen LogP contribution < -0.4 is 10.1 Å². The van der Waals surface area contributed by atoms with Gasteiger partial charge < -0.3 is 9.52 Å². The summed E-state index contributed by atoms with van der Waals surface area (Å²) in [4.78, 5) is 11.0. The molecule has 3 rings (SSSR count). The standard InChI is InChI=1S/C20H19N3O5S/c1-14(22-23-17-8-4-16(5-9-17)20(24)25)15-6-10-19(11-7-15)29(26,27)21-13-18-3-2-12-28-18/h2-12,21,23H,13H2,1H3,(H,24,25)/b22-14-. The molecule has 0 atom stereocenters. The first-order chi connectivity index (χ1) is 13.8. The predicted molar refractivity (Wildman–Crippen MR) is 108 cm³/mol. The first-order valence-corrected chi connectivity index (χ1v) is 10.1. The number of furan rings is 1. The molecule has 2 aromatic carbocycles. The largest absolute Gasteiger partial charge is 0.478 e. The lowest BCUT2D eigenvalue weighted by Crippen LogP contribution is -2.23. The molecule has 0 saturated carbocycles. The molecule has 9 heteroatoms. The molecule has 0 unspecified atom stereocenters. The molecule has 0 aliphatic carbocycles. The number of sulfonamides is 1. The number of anilines is 1. The Kier molecular flexibility index (Phi) is 6.10. The zero-order chi connectivity index (χ0) is 20.9. The number of aromatic carboxylic acids is 1. The van der Waals surface area contributed by atoms with Crippen molar-refractivity contribution < 1.29 is 22.7 Å². The Morgan fingerprint density at radius 1 is 1.03 bits per heavy atom. The SMILES string of the molecule is C/C(=N/Nc1ccc(C(=O)O)cc1)c1ccc(S(=O)(=O)NCc2ccco2)cc1. The average Bonchev–Trinajstić information content (AvgIpc) is 3.25. The Morgan fingerprint density at radius 2 is 1.69 bits per heavy atom. The predicted octanol–water partition coefficient (Wildman–Crippen LogP) is 3.29. The molecule has 1 heterocycles. The minimum atomic E-state index is -3.66. The van der Waals surface area contributed by atoms with E-state index in [1.165, 1.54) is 30.5 Å². The van der Waals surface area contributed by atoms with Crippen molar-refractivity contribution in [1.82, 2.24) is 4.72 Å². The maximum atomic E-state index is 12.4. The molecule has 0 saturated heterocycles. The highest BCUT2D eigenvalue weighted by Crippen LogP contribution is 2.14. The number of hydrogen-bond acceptors (Lipinski definition) is 6. The fourth-order valence-corrected chi connectivity index (χ4v) is 3.43. The van der Waals surface area contributed by atoms with Gasteiger partial charge in [-0.3, -0.25) is 5.43 Å². The lowest BCUT2D eigenvalue weighted by Gasteiger charge is -2.07. The van der Waals surface area contributed by atoms with Crippen LogP contribution in [0.5, 0.6) is 0 Å². The molecule has 0 aliphatic heterocycles. The Labute approximate surface area is 167 Å². The second-order valence-corrected chi connectivity index (χ2v) is 7.89. The molecule has 0 spiro atoms. The number of nitrogens with one attached hydrogen (secondary N) is 2. The molecular formula is C20H19N3O5S. The number of hydrazone groups is 1. The van der Waals surface area contributed by atoms with E-state index in [2.05, 4.69) is 15.2 Å². The first-order valence-electron chi connectivity index (χ1n) is 8.61. The van der Waals surface area contributed by atoms with E-state index in [9.17, 15) is 13.2 Å². The van der Waals surface area contributed by atoms with Crippen LogP contribution in [0.15, 0.2) is 81.3 Å². The van der Waals surface area contributed by atoms with Gasteiger partial charge in [0.2, 0.25) is 10.0 Å². The van der Waals surface area contributed by atoms with Crippen LogP contribution in [0.3, 0.4) is 0 Å². The summed E-state index contributed by atoms with van der Waals surface area (Å²) in [6.07, 6.45) is 1.48. The number of carbonyl (C=O) groups is 1. The van der Waals surface area contributed by atoms with Crippen molar-refractivity contribution in [1.29, 1.82) is 0 Å². The van der Waals surface area contributed by atoms with Crippen LogP contribution in [-0.4, -0.2) is 25.2 Å². The van der Waals surface area contributed by atoms with Crippen LogP contribution in [0.1, 0.15) is 28.6 Å². The van der Waals surface area contributed by atoms with Gasteiger partial charge in [-0.2, -0.15) is 5.10 Å². The van der Waals surface area contributed by atoms with Crippen molar-refractivity contribution in [3.63, 3.8) is 0 Å². The van der Waals surface area contributed by atoms with Crippen LogP contribution in [0, 0.1) is 0 Å². The molecule has 29 heavy (non-hydrogen) atoms. The van der Waals surface area contributed by atoms with Gasteiger partial charge in [0.15, 0.2) is 0 Å². The van der Waals surface area contributed by atoms with Crippen molar-refractivity contribution in [2.75, 3.05) is 5.43 Å². The van der Waals surface area contributed by atoms with E-state index in [1.54, 1.807) is 43.3 Å². The van der Waals surface area contributed by atoms with Gasteiger partial charge in [-0.15, -0.1) is 0 Å². The fourth-order valence-electron chi connectivity index (χ4n) is 2.44. The Morgan fingerprint density at radius 3 is 2.28 bits per heavy atom. The number of benzene rings is 2. The summed E-state index contributed by atoms with van der Waals surface area (Å²) >= 11 is 0. The highest BCUT2D eigenvalue weighted by atomic mass is 32.2. The number of rotatable bonds is 8. The summed E-state index contributed by atoms with van der Waals surface area (Å²) in [6, 6.07) is 15.9. The quantitative estimate of drug-likeness (QED) is 0.385. The van der Waals surface area contributed by atoms with Crippen LogP contribution in [-0.2, 0) is 16.6 Å². The summed E-state index contributed by atoms with van der Waals surface area (Å²) < 4.78 is 32.3. The topological polar surface area (TPSA) is 121 Å². The molecule has 1 aromatic heterocycles. The van der Waals surface area contributed by atoms with Crippen LogP contribution in [0.2, 0.25) is 0 Å². The van der Waals surface area contributed by atoms with Crippen molar-refractivity contribution in [2.24, 2.45) is 5.10 Å². The average molecular weight is 413 g/mol. The van der Waals surface area contributed by atoms with Crippen molar-refractivity contribution in [3.8, 4) is 0 Å². The van der Waals surface area contributed by atoms with E-state index in [4.69, 9.17) is 9.52 Å². The minimum absolute atomic E-state index is 0.0716. The molecular weight excluding hydrogens is 394 g/mol. The van der Waals surface area contributed by atoms with Crippen molar-refractivity contribution in [2.45, 2.75) is 18.4 Å². The zero-order valence-corrected chi connectivity index (χ0v) is 16.3. The van der Waals surface area contributed by atoms with E-state index in [0.29, 0.717) is 17.2 Å². The van der Waals surface area contributed by atoms with Crippen molar-refractivity contribution >= 4 is 27.4 Å². The molecule has 8 nitrogen and oxygen atoms in total. The third kappa shape index (κ3) is 5.31.